The topological polar surface area (TPSA) is 12.9 Å². The maximum Gasteiger partial charge on any atom is 0.0794 e. The lowest BCUT2D eigenvalue weighted by Crippen LogP contribution is -1.92. The van der Waals surface area contributed by atoms with Crippen LogP contribution >= 0.6 is 43.2 Å². The van der Waals surface area contributed by atoms with Crippen molar-refractivity contribution >= 4 is 43.2 Å². The van der Waals surface area contributed by atoms with Gasteiger partial charge < -0.3 is 0 Å². The molecule has 2 rings (SSSR count). The Bertz CT molecular complexity index is 411. The Morgan fingerprint density at radius 3 is 2.60 bits per heavy atom. The third-order valence-electron chi connectivity index (χ3n) is 2.09. The van der Waals surface area contributed by atoms with Crippen molar-refractivity contribution in [1.29, 1.82) is 0 Å². The van der Waals surface area contributed by atoms with Crippen LogP contribution in [0.2, 0.25) is 0 Å². The van der Waals surface area contributed by atoms with Crippen LogP contribution in [0.1, 0.15) is 15.3 Å². The average molecular weight is 347 g/mol. The van der Waals surface area contributed by atoms with E-state index in [0.29, 0.717) is 4.83 Å². The lowest BCUT2D eigenvalue weighted by molar-refractivity contribution is 0.964. The first kappa shape index (κ1) is 11.3. The van der Waals surface area contributed by atoms with Gasteiger partial charge in [0.1, 0.15) is 0 Å². The molecule has 1 heterocycles. The molecule has 0 fully saturated rings. The summed E-state index contributed by atoms with van der Waals surface area (Å²) in [5.41, 5.74) is 3.19. The summed E-state index contributed by atoms with van der Waals surface area (Å²) >= 11 is 8.80. The Balaban J connectivity index is 2.06. The predicted molar refractivity (Wildman–Crippen MR) is 71.6 cm³/mol. The highest BCUT2D eigenvalue weighted by atomic mass is 79.9. The van der Waals surface area contributed by atoms with Crippen LogP contribution in [0.4, 0.5) is 0 Å². The molecule has 1 aromatic carbocycles. The first-order chi connectivity index (χ1) is 7.25. The lowest BCUT2D eigenvalue weighted by Gasteiger charge is -2.06. The summed E-state index contributed by atoms with van der Waals surface area (Å²) in [6.45, 7) is 0. The predicted octanol–water partition coefficient (Wildman–Crippen LogP) is 4.58. The van der Waals surface area contributed by atoms with E-state index in [2.05, 4.69) is 61.1 Å². The van der Waals surface area contributed by atoms with Crippen molar-refractivity contribution in [3.8, 4) is 0 Å². The first-order valence-corrected chi connectivity index (χ1v) is 7.11. The van der Waals surface area contributed by atoms with Crippen molar-refractivity contribution in [3.05, 3.63) is 50.9 Å². The number of thiazole rings is 1. The summed E-state index contributed by atoms with van der Waals surface area (Å²) in [6.07, 6.45) is 2.92. The molecule has 0 N–H and O–H groups in total. The quantitative estimate of drug-likeness (QED) is 0.741. The van der Waals surface area contributed by atoms with Gasteiger partial charge in [0, 0.05) is 15.5 Å². The van der Waals surface area contributed by atoms with E-state index in [1.165, 1.54) is 10.4 Å². The fourth-order valence-corrected chi connectivity index (χ4v) is 2.98. The standard InChI is InChI=1S/C11H9Br2NS/c12-9-3-1-8(2-4-9)5-10(13)11-6-14-7-15-11/h1-4,6-7,10H,5H2. The van der Waals surface area contributed by atoms with Crippen LogP contribution in [-0.2, 0) is 6.42 Å². The Kier molecular flexibility index (Phi) is 3.94. The summed E-state index contributed by atoms with van der Waals surface area (Å²) in [7, 11) is 0. The summed E-state index contributed by atoms with van der Waals surface area (Å²) in [6, 6.07) is 8.42. The SMILES string of the molecule is Brc1ccc(CC(Br)c2cncs2)cc1. The van der Waals surface area contributed by atoms with Crippen LogP contribution in [0.25, 0.3) is 0 Å². The normalized spacial score (nSPS) is 12.7. The summed E-state index contributed by atoms with van der Waals surface area (Å²) in [4.78, 5) is 5.72. The third-order valence-corrected chi connectivity index (χ3v) is 4.63. The van der Waals surface area contributed by atoms with Gasteiger partial charge in [0.15, 0.2) is 0 Å². The van der Waals surface area contributed by atoms with Crippen molar-refractivity contribution in [2.75, 3.05) is 0 Å². The van der Waals surface area contributed by atoms with E-state index in [1.807, 2.05) is 11.7 Å². The number of rotatable bonds is 3. The van der Waals surface area contributed by atoms with Gasteiger partial charge in [0.25, 0.3) is 0 Å². The molecule has 0 aliphatic heterocycles. The second kappa shape index (κ2) is 5.23. The molecular formula is C11H9Br2NS. The van der Waals surface area contributed by atoms with Crippen LogP contribution in [0.15, 0.2) is 40.4 Å². The van der Waals surface area contributed by atoms with Crippen LogP contribution < -0.4 is 0 Å². The zero-order chi connectivity index (χ0) is 10.7. The minimum Gasteiger partial charge on any atom is -0.253 e. The van der Waals surface area contributed by atoms with Gasteiger partial charge in [0.05, 0.1) is 10.3 Å². The third kappa shape index (κ3) is 3.13. The molecule has 1 aromatic heterocycles. The molecule has 15 heavy (non-hydrogen) atoms. The van der Waals surface area contributed by atoms with Gasteiger partial charge in [-0.1, -0.05) is 44.0 Å². The molecule has 0 bridgehead atoms. The zero-order valence-corrected chi connectivity index (χ0v) is 11.8. The van der Waals surface area contributed by atoms with Gasteiger partial charge in [0.2, 0.25) is 0 Å². The van der Waals surface area contributed by atoms with E-state index in [0.717, 1.165) is 10.9 Å². The Hall–Kier alpha value is -0.190. The molecule has 0 amide bonds. The highest BCUT2D eigenvalue weighted by Gasteiger charge is 2.09. The summed E-state index contributed by atoms with van der Waals surface area (Å²) in [5.74, 6) is 0. The maximum absolute atomic E-state index is 4.08. The largest absolute Gasteiger partial charge is 0.253 e. The van der Waals surface area contributed by atoms with Crippen molar-refractivity contribution in [3.63, 3.8) is 0 Å². The molecule has 2 aromatic rings. The minimum absolute atomic E-state index is 0.367. The number of hydrogen-bond acceptors (Lipinski definition) is 2. The number of alkyl halides is 1. The number of benzene rings is 1. The number of halogens is 2. The number of hydrogen-bond donors (Lipinski definition) is 0. The lowest BCUT2D eigenvalue weighted by atomic mass is 10.1. The summed E-state index contributed by atoms with van der Waals surface area (Å²) < 4.78 is 1.12. The Morgan fingerprint density at radius 1 is 1.27 bits per heavy atom. The van der Waals surface area contributed by atoms with Crippen molar-refractivity contribution in [1.82, 2.24) is 4.98 Å². The molecule has 0 aliphatic carbocycles. The monoisotopic (exact) mass is 345 g/mol. The van der Waals surface area contributed by atoms with Crippen molar-refractivity contribution < 1.29 is 0 Å². The molecular weight excluding hydrogens is 338 g/mol. The molecule has 1 atom stereocenters. The van der Waals surface area contributed by atoms with E-state index < -0.39 is 0 Å². The van der Waals surface area contributed by atoms with E-state index in [9.17, 15) is 0 Å². The first-order valence-electron chi connectivity index (χ1n) is 4.52. The van der Waals surface area contributed by atoms with Gasteiger partial charge in [-0.15, -0.1) is 11.3 Å². The molecule has 1 nitrogen and oxygen atoms in total. The molecule has 1 unspecified atom stereocenters. The highest BCUT2D eigenvalue weighted by molar-refractivity contribution is 9.10. The zero-order valence-electron chi connectivity index (χ0n) is 7.86. The van der Waals surface area contributed by atoms with Crippen LogP contribution in [0, 0.1) is 0 Å². The molecule has 0 aliphatic rings. The van der Waals surface area contributed by atoms with E-state index in [4.69, 9.17) is 0 Å². The van der Waals surface area contributed by atoms with E-state index in [-0.39, 0.29) is 0 Å². The van der Waals surface area contributed by atoms with Gasteiger partial charge >= 0.3 is 0 Å². The van der Waals surface area contributed by atoms with Gasteiger partial charge in [-0.25, -0.2) is 0 Å². The average Bonchev–Trinajstić information content (AvgIpc) is 2.74. The smallest absolute Gasteiger partial charge is 0.0794 e. The van der Waals surface area contributed by atoms with Crippen molar-refractivity contribution in [2.24, 2.45) is 0 Å². The molecule has 0 saturated heterocycles. The molecule has 0 saturated carbocycles. The fourth-order valence-electron chi connectivity index (χ4n) is 1.31. The van der Waals surface area contributed by atoms with Gasteiger partial charge in [-0.05, 0) is 24.1 Å². The maximum atomic E-state index is 4.08. The number of nitrogens with zero attached hydrogens (tertiary/aromatic N) is 1. The van der Waals surface area contributed by atoms with Crippen LogP contribution in [0.5, 0.6) is 0 Å². The molecule has 0 spiro atoms. The Morgan fingerprint density at radius 2 is 2.00 bits per heavy atom. The molecule has 0 radical (unpaired) electrons. The minimum atomic E-state index is 0.367. The molecule has 78 valence electrons. The van der Waals surface area contributed by atoms with Gasteiger partial charge in [-0.3, -0.25) is 4.98 Å². The summed E-state index contributed by atoms with van der Waals surface area (Å²) in [5, 5.41) is 0. The van der Waals surface area contributed by atoms with E-state index >= 15 is 0 Å². The molecule has 4 heteroatoms. The second-order valence-electron chi connectivity index (χ2n) is 3.20. The van der Waals surface area contributed by atoms with Crippen molar-refractivity contribution in [2.45, 2.75) is 11.2 Å². The second-order valence-corrected chi connectivity index (χ2v) is 6.14. The number of aromatic nitrogens is 1. The van der Waals surface area contributed by atoms with E-state index in [1.54, 1.807) is 11.3 Å². The van der Waals surface area contributed by atoms with Crippen LogP contribution in [-0.4, -0.2) is 4.98 Å². The van der Waals surface area contributed by atoms with Gasteiger partial charge in [-0.2, -0.15) is 0 Å². The van der Waals surface area contributed by atoms with Crippen LogP contribution in [0.3, 0.4) is 0 Å². The Labute approximate surface area is 110 Å². The highest BCUT2D eigenvalue weighted by Crippen LogP contribution is 2.29. The fraction of sp³-hybridized carbons (Fsp3) is 0.182.